The van der Waals surface area contributed by atoms with Crippen LogP contribution < -0.4 is 9.64 Å². The lowest BCUT2D eigenvalue weighted by atomic mass is 9.99. The van der Waals surface area contributed by atoms with Crippen molar-refractivity contribution >= 4 is 17.4 Å². The minimum absolute atomic E-state index is 0.0954. The number of halogens is 3. The van der Waals surface area contributed by atoms with Crippen LogP contribution in [0.4, 0.5) is 19.2 Å². The first-order valence-corrected chi connectivity index (χ1v) is 9.57. The summed E-state index contributed by atoms with van der Waals surface area (Å²) in [7, 11) is 1.58. The van der Waals surface area contributed by atoms with Crippen molar-refractivity contribution < 1.29 is 22.4 Å². The smallest absolute Gasteiger partial charge is 0.434 e. The Labute approximate surface area is 163 Å². The van der Waals surface area contributed by atoms with Gasteiger partial charge in [-0.3, -0.25) is 0 Å². The van der Waals surface area contributed by atoms with E-state index < -0.39 is 11.9 Å². The molecule has 0 amide bonds. The summed E-state index contributed by atoms with van der Waals surface area (Å²) in [5, 5.41) is 5.59. The molecule has 3 heterocycles. The number of benzene rings is 1. The van der Waals surface area contributed by atoms with Crippen LogP contribution in [0.15, 0.2) is 34.2 Å². The fourth-order valence-electron chi connectivity index (χ4n) is 3.18. The van der Waals surface area contributed by atoms with Crippen LogP contribution in [0.1, 0.15) is 29.5 Å². The molecule has 0 saturated carbocycles. The molecule has 4 rings (SSSR count). The molecule has 28 heavy (non-hydrogen) atoms. The molecule has 0 aliphatic carbocycles. The second-order valence-corrected chi connectivity index (χ2v) is 7.38. The highest BCUT2D eigenvalue weighted by Gasteiger charge is 2.35. The largest absolute Gasteiger partial charge is 0.497 e. The Bertz CT molecular complexity index is 956. The molecule has 1 fully saturated rings. The van der Waals surface area contributed by atoms with E-state index in [1.165, 1.54) is 0 Å². The van der Waals surface area contributed by atoms with Crippen molar-refractivity contribution in [2.24, 2.45) is 0 Å². The van der Waals surface area contributed by atoms with Gasteiger partial charge in [0.1, 0.15) is 5.75 Å². The molecule has 6 nitrogen and oxygen atoms in total. The van der Waals surface area contributed by atoms with Gasteiger partial charge in [-0.2, -0.15) is 18.2 Å². The quantitative estimate of drug-likeness (QED) is 0.626. The number of hydrogen-bond acceptors (Lipinski definition) is 7. The highest BCUT2D eigenvalue weighted by Crippen LogP contribution is 2.36. The fourth-order valence-corrected chi connectivity index (χ4v) is 4.14. The number of hydrogen-bond donors (Lipinski definition) is 0. The lowest BCUT2D eigenvalue weighted by Crippen LogP contribution is -2.34. The van der Waals surface area contributed by atoms with E-state index >= 15 is 0 Å². The van der Waals surface area contributed by atoms with Gasteiger partial charge in [-0.1, -0.05) is 17.3 Å². The Hall–Kier alpha value is -2.62. The molecular formula is C18H17F3N4O2S. The van der Waals surface area contributed by atoms with Crippen LogP contribution in [0.25, 0.3) is 11.4 Å². The molecule has 1 unspecified atom stereocenters. The van der Waals surface area contributed by atoms with E-state index in [0.717, 1.165) is 35.1 Å². The number of alkyl halides is 3. The molecule has 3 aromatic rings. The third-order valence-corrected chi connectivity index (χ3v) is 5.60. The van der Waals surface area contributed by atoms with Gasteiger partial charge in [0, 0.05) is 30.0 Å². The van der Waals surface area contributed by atoms with E-state index in [4.69, 9.17) is 9.26 Å². The van der Waals surface area contributed by atoms with Crippen molar-refractivity contribution in [3.63, 3.8) is 0 Å². The molecule has 1 aliphatic rings. The number of methoxy groups -OCH3 is 1. The van der Waals surface area contributed by atoms with Crippen molar-refractivity contribution in [2.75, 3.05) is 25.1 Å². The lowest BCUT2D eigenvalue weighted by Gasteiger charge is -2.30. The molecule has 1 aromatic carbocycles. The van der Waals surface area contributed by atoms with E-state index in [1.54, 1.807) is 7.11 Å². The van der Waals surface area contributed by atoms with Gasteiger partial charge in [-0.15, -0.1) is 11.3 Å². The van der Waals surface area contributed by atoms with Crippen molar-refractivity contribution in [1.82, 2.24) is 15.1 Å². The lowest BCUT2D eigenvalue weighted by molar-refractivity contribution is -0.140. The van der Waals surface area contributed by atoms with Gasteiger partial charge in [0.2, 0.25) is 5.82 Å². The van der Waals surface area contributed by atoms with Gasteiger partial charge in [0.05, 0.1) is 12.1 Å². The number of thiazole rings is 1. The maximum atomic E-state index is 12.8. The second-order valence-electron chi connectivity index (χ2n) is 6.49. The van der Waals surface area contributed by atoms with Gasteiger partial charge < -0.3 is 14.2 Å². The van der Waals surface area contributed by atoms with Gasteiger partial charge in [-0.05, 0) is 25.0 Å². The topological polar surface area (TPSA) is 64.3 Å². The Morgan fingerprint density at radius 1 is 1.29 bits per heavy atom. The number of piperidine rings is 1. The fraction of sp³-hybridized carbons (Fsp3) is 0.389. The van der Waals surface area contributed by atoms with E-state index in [2.05, 4.69) is 15.1 Å². The molecule has 2 aromatic heterocycles. The number of aromatic nitrogens is 3. The molecule has 10 heteroatoms. The minimum Gasteiger partial charge on any atom is -0.497 e. The van der Waals surface area contributed by atoms with Crippen molar-refractivity contribution in [2.45, 2.75) is 24.9 Å². The zero-order chi connectivity index (χ0) is 19.7. The predicted octanol–water partition coefficient (Wildman–Crippen LogP) is 4.60. The molecule has 1 saturated heterocycles. The average Bonchev–Trinajstić information content (AvgIpc) is 3.38. The third-order valence-electron chi connectivity index (χ3n) is 4.60. The molecule has 1 aliphatic heterocycles. The van der Waals surface area contributed by atoms with Crippen molar-refractivity contribution in [1.29, 1.82) is 0 Å². The Kier molecular flexibility index (Phi) is 4.96. The van der Waals surface area contributed by atoms with Crippen molar-refractivity contribution in [3.8, 4) is 17.1 Å². The normalized spacial score (nSPS) is 17.7. The summed E-state index contributed by atoms with van der Waals surface area (Å²) >= 11 is 1.05. The summed E-state index contributed by atoms with van der Waals surface area (Å²) in [6, 6.07) is 7.67. The molecular weight excluding hydrogens is 393 g/mol. The van der Waals surface area contributed by atoms with Crippen LogP contribution in [0.5, 0.6) is 5.75 Å². The van der Waals surface area contributed by atoms with Gasteiger partial charge in [0.25, 0.3) is 0 Å². The highest BCUT2D eigenvalue weighted by molar-refractivity contribution is 7.09. The summed E-state index contributed by atoms with van der Waals surface area (Å²) in [6.45, 7) is 1.19. The molecule has 1 atom stereocenters. The number of rotatable bonds is 4. The van der Waals surface area contributed by atoms with E-state index in [9.17, 15) is 13.2 Å². The third kappa shape index (κ3) is 3.82. The minimum atomic E-state index is -4.42. The van der Waals surface area contributed by atoms with E-state index in [-0.39, 0.29) is 5.92 Å². The Morgan fingerprint density at radius 3 is 2.89 bits per heavy atom. The van der Waals surface area contributed by atoms with Crippen LogP contribution in [0.3, 0.4) is 0 Å². The SMILES string of the molecule is COc1cccc(-c2noc(N3CCCC(c4nc(C(F)(F)F)cs4)C3)n2)c1. The molecule has 0 N–H and O–H groups in total. The van der Waals surface area contributed by atoms with Crippen LogP contribution in [-0.4, -0.2) is 35.3 Å². The van der Waals surface area contributed by atoms with Gasteiger partial charge in [0.15, 0.2) is 5.69 Å². The summed E-state index contributed by atoms with van der Waals surface area (Å²) in [4.78, 5) is 10.1. The first-order valence-electron chi connectivity index (χ1n) is 8.70. The van der Waals surface area contributed by atoms with Crippen LogP contribution in [0.2, 0.25) is 0 Å². The van der Waals surface area contributed by atoms with Gasteiger partial charge >= 0.3 is 12.2 Å². The molecule has 0 radical (unpaired) electrons. The maximum Gasteiger partial charge on any atom is 0.434 e. The number of nitrogens with zero attached hydrogens (tertiary/aromatic N) is 4. The summed E-state index contributed by atoms with van der Waals surface area (Å²) < 4.78 is 49.1. The number of ether oxygens (including phenoxy) is 1. The standard InChI is InChI=1S/C18H17F3N4O2S/c1-26-13-6-2-4-11(8-13)15-23-17(27-24-15)25-7-3-5-12(9-25)16-22-14(10-28-16)18(19,20)21/h2,4,6,8,10,12H,3,5,7,9H2,1H3. The summed E-state index contributed by atoms with van der Waals surface area (Å²) in [5.41, 5.74) is -0.0691. The summed E-state index contributed by atoms with van der Waals surface area (Å²) in [6.07, 6.45) is -2.83. The Morgan fingerprint density at radius 2 is 2.14 bits per heavy atom. The monoisotopic (exact) mass is 410 g/mol. The second kappa shape index (κ2) is 7.42. The zero-order valence-electron chi connectivity index (χ0n) is 14.9. The van der Waals surface area contributed by atoms with Gasteiger partial charge in [-0.25, -0.2) is 4.98 Å². The zero-order valence-corrected chi connectivity index (χ0v) is 15.8. The highest BCUT2D eigenvalue weighted by atomic mass is 32.1. The van der Waals surface area contributed by atoms with Crippen LogP contribution in [0, 0.1) is 0 Å². The first-order chi connectivity index (χ1) is 13.4. The Balaban J connectivity index is 1.51. The maximum absolute atomic E-state index is 12.8. The van der Waals surface area contributed by atoms with E-state index in [1.807, 2.05) is 29.2 Å². The van der Waals surface area contributed by atoms with Crippen LogP contribution in [-0.2, 0) is 6.18 Å². The van der Waals surface area contributed by atoms with Crippen LogP contribution >= 0.6 is 11.3 Å². The predicted molar refractivity (Wildman–Crippen MR) is 97.6 cm³/mol. The molecule has 148 valence electrons. The van der Waals surface area contributed by atoms with Crippen molar-refractivity contribution in [3.05, 3.63) is 40.3 Å². The summed E-state index contributed by atoms with van der Waals surface area (Å²) in [5.74, 6) is 1.03. The molecule has 0 spiro atoms. The average molecular weight is 410 g/mol. The number of anilines is 1. The molecule has 0 bridgehead atoms. The van der Waals surface area contributed by atoms with E-state index in [0.29, 0.717) is 35.7 Å². The first kappa shape index (κ1) is 18.7.